The lowest BCUT2D eigenvalue weighted by molar-refractivity contribution is -0.125. The Bertz CT molecular complexity index is 1050. The molecule has 2 aromatic carbocycles. The van der Waals surface area contributed by atoms with Gasteiger partial charge in [0.15, 0.2) is 5.13 Å². The van der Waals surface area contributed by atoms with E-state index < -0.39 is 0 Å². The van der Waals surface area contributed by atoms with Crippen LogP contribution in [0.3, 0.4) is 0 Å². The Morgan fingerprint density at radius 1 is 1.30 bits per heavy atom. The largest absolute Gasteiger partial charge is 0.494 e. The van der Waals surface area contributed by atoms with Crippen LogP contribution in [0.25, 0.3) is 10.2 Å². The maximum absolute atomic E-state index is 12.9. The zero-order valence-corrected chi connectivity index (χ0v) is 18.7. The summed E-state index contributed by atoms with van der Waals surface area (Å²) < 4.78 is 6.89. The predicted molar refractivity (Wildman–Crippen MR) is 123 cm³/mol. The molecule has 1 saturated heterocycles. The van der Waals surface area contributed by atoms with E-state index in [-0.39, 0.29) is 11.8 Å². The number of carbonyl (C=O) groups is 1. The molecule has 1 N–H and O–H groups in total. The highest BCUT2D eigenvalue weighted by Crippen LogP contribution is 2.33. The highest BCUT2D eigenvalue weighted by Gasteiger charge is 2.27. The first-order valence-corrected chi connectivity index (χ1v) is 11.5. The topological polar surface area (TPSA) is 54.5 Å². The summed E-state index contributed by atoms with van der Waals surface area (Å²) in [6.45, 7) is 8.99. The Morgan fingerprint density at radius 3 is 2.97 bits per heavy atom. The number of amides is 1. The van der Waals surface area contributed by atoms with Crippen molar-refractivity contribution in [1.29, 1.82) is 0 Å². The van der Waals surface area contributed by atoms with Gasteiger partial charge in [-0.2, -0.15) is 0 Å². The molecule has 0 saturated carbocycles. The standard InChI is InChI=1S/C24H29N3O2S/c1-4-29-20-10-6-5-8-18(20)14-25-23(28)19-9-7-11-27(15-19)24-26-22-17(3)12-16(2)13-21(22)30-24/h5-6,8,10,12-13,19H,4,7,9,11,14-15H2,1-3H3,(H,25,28). The van der Waals surface area contributed by atoms with Crippen LogP contribution in [0.2, 0.25) is 0 Å². The van der Waals surface area contributed by atoms with Crippen molar-refractivity contribution in [1.82, 2.24) is 10.3 Å². The zero-order chi connectivity index (χ0) is 21.1. The summed E-state index contributed by atoms with van der Waals surface area (Å²) in [5.74, 6) is 0.928. The lowest BCUT2D eigenvalue weighted by Gasteiger charge is -2.31. The van der Waals surface area contributed by atoms with E-state index in [9.17, 15) is 4.79 Å². The number of aromatic nitrogens is 1. The normalized spacial score (nSPS) is 16.6. The minimum atomic E-state index is -0.0205. The Kier molecular flexibility index (Phi) is 6.23. The molecular weight excluding hydrogens is 394 g/mol. The maximum atomic E-state index is 12.9. The first-order valence-electron chi connectivity index (χ1n) is 10.7. The first-order chi connectivity index (χ1) is 14.5. The van der Waals surface area contributed by atoms with Crippen molar-refractivity contribution >= 4 is 32.6 Å². The molecule has 6 heteroatoms. The number of thiazole rings is 1. The number of aryl methyl sites for hydroxylation is 2. The number of nitrogens with zero attached hydrogens (tertiary/aromatic N) is 2. The molecule has 1 unspecified atom stereocenters. The van der Waals surface area contributed by atoms with Gasteiger partial charge in [-0.05, 0) is 56.9 Å². The van der Waals surface area contributed by atoms with Crippen molar-refractivity contribution in [3.63, 3.8) is 0 Å². The zero-order valence-electron chi connectivity index (χ0n) is 17.9. The van der Waals surface area contributed by atoms with E-state index in [1.54, 1.807) is 11.3 Å². The third kappa shape index (κ3) is 4.43. The lowest BCUT2D eigenvalue weighted by Crippen LogP contribution is -2.43. The van der Waals surface area contributed by atoms with E-state index in [1.807, 2.05) is 31.2 Å². The van der Waals surface area contributed by atoms with Crippen LogP contribution in [0.15, 0.2) is 36.4 Å². The van der Waals surface area contributed by atoms with Gasteiger partial charge in [-0.1, -0.05) is 35.6 Å². The van der Waals surface area contributed by atoms with Gasteiger partial charge in [-0.25, -0.2) is 4.98 Å². The predicted octanol–water partition coefficient (Wildman–Crippen LogP) is 4.84. The number of nitrogens with one attached hydrogen (secondary N) is 1. The van der Waals surface area contributed by atoms with E-state index >= 15 is 0 Å². The number of para-hydroxylation sites is 1. The summed E-state index contributed by atoms with van der Waals surface area (Å²) in [6, 6.07) is 12.3. The van der Waals surface area contributed by atoms with Crippen molar-refractivity contribution in [2.75, 3.05) is 24.6 Å². The fraction of sp³-hybridized carbons (Fsp3) is 0.417. The summed E-state index contributed by atoms with van der Waals surface area (Å²) >= 11 is 1.73. The average molecular weight is 424 g/mol. The first kappa shape index (κ1) is 20.7. The number of hydrogen-bond acceptors (Lipinski definition) is 5. The Hall–Kier alpha value is -2.60. The molecule has 0 aliphatic carbocycles. The highest BCUT2D eigenvalue weighted by molar-refractivity contribution is 7.22. The van der Waals surface area contributed by atoms with Crippen LogP contribution in [0.1, 0.15) is 36.5 Å². The number of carbonyl (C=O) groups excluding carboxylic acids is 1. The molecule has 158 valence electrons. The summed E-state index contributed by atoms with van der Waals surface area (Å²) in [5, 5.41) is 4.15. The monoisotopic (exact) mass is 423 g/mol. The van der Waals surface area contributed by atoms with E-state index in [1.165, 1.54) is 15.8 Å². The molecule has 5 nitrogen and oxygen atoms in total. The lowest BCUT2D eigenvalue weighted by atomic mass is 9.97. The van der Waals surface area contributed by atoms with Crippen molar-refractivity contribution < 1.29 is 9.53 Å². The van der Waals surface area contributed by atoms with Gasteiger partial charge in [0.1, 0.15) is 5.75 Å². The molecule has 1 aromatic heterocycles. The van der Waals surface area contributed by atoms with E-state index in [2.05, 4.69) is 36.2 Å². The third-order valence-electron chi connectivity index (χ3n) is 5.61. The molecule has 0 spiro atoms. The SMILES string of the molecule is CCOc1ccccc1CNC(=O)C1CCCN(c2nc3c(C)cc(C)cc3s2)C1. The molecule has 0 bridgehead atoms. The molecule has 4 rings (SSSR count). The molecule has 3 aromatic rings. The van der Waals surface area contributed by atoms with Crippen molar-refractivity contribution in [3.8, 4) is 5.75 Å². The fourth-order valence-corrected chi connectivity index (χ4v) is 5.31. The number of anilines is 1. The molecule has 30 heavy (non-hydrogen) atoms. The highest BCUT2D eigenvalue weighted by atomic mass is 32.1. The number of ether oxygens (including phenoxy) is 1. The number of benzene rings is 2. The Balaban J connectivity index is 1.43. The summed E-state index contributed by atoms with van der Waals surface area (Å²) in [7, 11) is 0. The fourth-order valence-electron chi connectivity index (χ4n) is 4.13. The number of hydrogen-bond donors (Lipinski definition) is 1. The maximum Gasteiger partial charge on any atom is 0.225 e. The minimum absolute atomic E-state index is 0.0205. The van der Waals surface area contributed by atoms with Crippen LogP contribution in [0, 0.1) is 19.8 Å². The van der Waals surface area contributed by atoms with E-state index in [4.69, 9.17) is 9.72 Å². The number of fused-ring (bicyclic) bond motifs is 1. The average Bonchev–Trinajstić information content (AvgIpc) is 3.18. The van der Waals surface area contributed by atoms with Crippen LogP contribution >= 0.6 is 11.3 Å². The molecular formula is C24H29N3O2S. The Morgan fingerprint density at radius 2 is 2.13 bits per heavy atom. The van der Waals surface area contributed by atoms with E-state index in [0.717, 1.165) is 47.9 Å². The van der Waals surface area contributed by atoms with Gasteiger partial charge in [-0.3, -0.25) is 4.79 Å². The molecule has 1 amide bonds. The van der Waals surface area contributed by atoms with E-state index in [0.29, 0.717) is 13.2 Å². The quantitative estimate of drug-likeness (QED) is 0.616. The van der Waals surface area contributed by atoms with Gasteiger partial charge in [0.05, 0.1) is 22.7 Å². The van der Waals surface area contributed by atoms with Gasteiger partial charge < -0.3 is 15.0 Å². The van der Waals surface area contributed by atoms with Gasteiger partial charge in [-0.15, -0.1) is 0 Å². The summed E-state index contributed by atoms with van der Waals surface area (Å²) in [4.78, 5) is 20.1. The molecule has 1 fully saturated rings. The molecule has 1 aliphatic rings. The minimum Gasteiger partial charge on any atom is -0.494 e. The van der Waals surface area contributed by atoms with Gasteiger partial charge in [0.2, 0.25) is 5.91 Å². The van der Waals surface area contributed by atoms with Crippen LogP contribution in [0.4, 0.5) is 5.13 Å². The van der Waals surface area contributed by atoms with Crippen LogP contribution in [-0.4, -0.2) is 30.6 Å². The molecule has 2 heterocycles. The van der Waals surface area contributed by atoms with Crippen molar-refractivity contribution in [2.24, 2.45) is 5.92 Å². The van der Waals surface area contributed by atoms with Crippen LogP contribution in [0.5, 0.6) is 5.75 Å². The molecule has 0 radical (unpaired) electrons. The van der Waals surface area contributed by atoms with Crippen molar-refractivity contribution in [3.05, 3.63) is 53.1 Å². The smallest absolute Gasteiger partial charge is 0.225 e. The molecule has 1 aliphatic heterocycles. The van der Waals surface area contributed by atoms with Gasteiger partial charge in [0.25, 0.3) is 0 Å². The second-order valence-corrected chi connectivity index (χ2v) is 8.98. The third-order valence-corrected chi connectivity index (χ3v) is 6.67. The van der Waals surface area contributed by atoms with Crippen LogP contribution < -0.4 is 15.0 Å². The van der Waals surface area contributed by atoms with Gasteiger partial charge in [0, 0.05) is 25.2 Å². The Labute approximate surface area is 182 Å². The van der Waals surface area contributed by atoms with Crippen molar-refractivity contribution in [2.45, 2.75) is 40.2 Å². The molecule has 1 atom stereocenters. The summed E-state index contributed by atoms with van der Waals surface area (Å²) in [6.07, 6.45) is 1.92. The van der Waals surface area contributed by atoms with Gasteiger partial charge >= 0.3 is 0 Å². The van der Waals surface area contributed by atoms with Crippen LogP contribution in [-0.2, 0) is 11.3 Å². The second-order valence-electron chi connectivity index (χ2n) is 7.97. The summed E-state index contributed by atoms with van der Waals surface area (Å²) in [5.41, 5.74) is 4.57. The number of rotatable bonds is 6. The number of piperidine rings is 1. The second kappa shape index (κ2) is 9.04.